The molecule has 74 valence electrons. The standard InChI is InChI=1S/C8H6F2N2O2/c9-7(10)5-4(1-2-11)3-12-8(14)6(5)13/h3,7,13H,1H2,(H,12,14). The van der Waals surface area contributed by atoms with Gasteiger partial charge in [0, 0.05) is 6.20 Å². The van der Waals surface area contributed by atoms with Gasteiger partial charge in [0.15, 0.2) is 5.75 Å². The van der Waals surface area contributed by atoms with Crippen LogP contribution in [0.2, 0.25) is 0 Å². The van der Waals surface area contributed by atoms with Crippen LogP contribution in [0.5, 0.6) is 5.75 Å². The highest BCUT2D eigenvalue weighted by atomic mass is 19.3. The number of H-pyrrole nitrogens is 1. The summed E-state index contributed by atoms with van der Waals surface area (Å²) in [6.07, 6.45) is -2.25. The van der Waals surface area contributed by atoms with Gasteiger partial charge in [0.2, 0.25) is 0 Å². The zero-order valence-corrected chi connectivity index (χ0v) is 6.92. The van der Waals surface area contributed by atoms with Crippen molar-refractivity contribution in [1.82, 2.24) is 4.98 Å². The molecule has 0 unspecified atom stereocenters. The Balaban J connectivity index is 3.39. The van der Waals surface area contributed by atoms with Gasteiger partial charge in [-0.15, -0.1) is 0 Å². The highest BCUT2D eigenvalue weighted by Crippen LogP contribution is 2.28. The van der Waals surface area contributed by atoms with E-state index in [1.54, 1.807) is 6.07 Å². The SMILES string of the molecule is N#CCc1c[nH]c(=O)c(O)c1C(F)F. The largest absolute Gasteiger partial charge is 0.503 e. The Morgan fingerprint density at radius 2 is 2.29 bits per heavy atom. The van der Waals surface area contributed by atoms with E-state index in [9.17, 15) is 13.6 Å². The Morgan fingerprint density at radius 3 is 2.79 bits per heavy atom. The topological polar surface area (TPSA) is 76.9 Å². The van der Waals surface area contributed by atoms with Crippen molar-refractivity contribution in [2.24, 2.45) is 0 Å². The summed E-state index contributed by atoms with van der Waals surface area (Å²) in [5, 5.41) is 17.4. The number of rotatable bonds is 2. The van der Waals surface area contributed by atoms with Gasteiger partial charge in [0.05, 0.1) is 18.1 Å². The van der Waals surface area contributed by atoms with Crippen LogP contribution in [0.15, 0.2) is 11.0 Å². The fourth-order valence-electron chi connectivity index (χ4n) is 1.05. The van der Waals surface area contributed by atoms with E-state index in [1.807, 2.05) is 0 Å². The number of hydrogen-bond acceptors (Lipinski definition) is 3. The second-order valence-corrected chi connectivity index (χ2v) is 2.54. The van der Waals surface area contributed by atoms with Crippen molar-refractivity contribution >= 4 is 0 Å². The molecule has 14 heavy (non-hydrogen) atoms. The van der Waals surface area contributed by atoms with Crippen molar-refractivity contribution in [3.63, 3.8) is 0 Å². The van der Waals surface area contributed by atoms with Crippen LogP contribution in [0.3, 0.4) is 0 Å². The Bertz CT molecular complexity index is 434. The van der Waals surface area contributed by atoms with Gasteiger partial charge in [0.25, 0.3) is 12.0 Å². The fraction of sp³-hybridized carbons (Fsp3) is 0.250. The maximum atomic E-state index is 12.4. The Hall–Kier alpha value is -1.90. The summed E-state index contributed by atoms with van der Waals surface area (Å²) in [5.41, 5.74) is -1.82. The van der Waals surface area contributed by atoms with Crippen molar-refractivity contribution in [2.75, 3.05) is 0 Å². The lowest BCUT2D eigenvalue weighted by molar-refractivity contribution is 0.146. The van der Waals surface area contributed by atoms with E-state index in [0.29, 0.717) is 0 Å². The van der Waals surface area contributed by atoms with Crippen LogP contribution < -0.4 is 5.56 Å². The summed E-state index contributed by atoms with van der Waals surface area (Å²) in [6.45, 7) is 0. The van der Waals surface area contributed by atoms with Crippen LogP contribution in [-0.4, -0.2) is 10.1 Å². The molecule has 0 aliphatic heterocycles. The molecule has 4 nitrogen and oxygen atoms in total. The van der Waals surface area contributed by atoms with Gasteiger partial charge in [-0.25, -0.2) is 8.78 Å². The molecule has 2 N–H and O–H groups in total. The smallest absolute Gasteiger partial charge is 0.290 e. The number of hydrogen-bond donors (Lipinski definition) is 2. The van der Waals surface area contributed by atoms with Crippen molar-refractivity contribution < 1.29 is 13.9 Å². The lowest BCUT2D eigenvalue weighted by Gasteiger charge is -2.06. The average molecular weight is 200 g/mol. The number of aromatic amines is 1. The number of nitrogens with one attached hydrogen (secondary N) is 1. The molecule has 0 saturated carbocycles. The molecular weight excluding hydrogens is 194 g/mol. The van der Waals surface area contributed by atoms with E-state index in [2.05, 4.69) is 4.98 Å². The van der Waals surface area contributed by atoms with Crippen molar-refractivity contribution in [1.29, 1.82) is 5.26 Å². The zero-order valence-electron chi connectivity index (χ0n) is 6.92. The number of nitriles is 1. The summed E-state index contributed by atoms with van der Waals surface area (Å²) in [7, 11) is 0. The highest BCUT2D eigenvalue weighted by Gasteiger charge is 2.20. The first-order valence-corrected chi connectivity index (χ1v) is 3.66. The first-order valence-electron chi connectivity index (χ1n) is 3.66. The molecular formula is C8H6F2N2O2. The normalized spacial score (nSPS) is 10.1. The van der Waals surface area contributed by atoms with Crippen molar-refractivity contribution in [2.45, 2.75) is 12.8 Å². The summed E-state index contributed by atoms with van der Waals surface area (Å²) in [5.74, 6) is -1.02. The number of aromatic hydroxyl groups is 1. The molecule has 0 radical (unpaired) electrons. The quantitative estimate of drug-likeness (QED) is 0.749. The summed E-state index contributed by atoms with van der Waals surface area (Å²) in [4.78, 5) is 12.8. The molecule has 6 heteroatoms. The van der Waals surface area contributed by atoms with Gasteiger partial charge in [-0.2, -0.15) is 5.26 Å². The molecule has 0 spiro atoms. The fourth-order valence-corrected chi connectivity index (χ4v) is 1.05. The van der Waals surface area contributed by atoms with Crippen molar-refractivity contribution in [3.05, 3.63) is 27.7 Å². The van der Waals surface area contributed by atoms with Crippen LogP contribution in [0.25, 0.3) is 0 Å². The number of aromatic nitrogens is 1. The third kappa shape index (κ3) is 1.71. The van der Waals surface area contributed by atoms with Crippen molar-refractivity contribution in [3.8, 4) is 11.8 Å². The Labute approximate surface area is 77.4 Å². The zero-order chi connectivity index (χ0) is 10.7. The molecule has 0 aliphatic rings. The predicted octanol–water partition coefficient (Wildman–Crippen LogP) is 1.08. The highest BCUT2D eigenvalue weighted by molar-refractivity contribution is 5.38. The van der Waals surface area contributed by atoms with Crippen LogP contribution in [-0.2, 0) is 6.42 Å². The maximum Gasteiger partial charge on any atom is 0.290 e. The van der Waals surface area contributed by atoms with Gasteiger partial charge in [-0.1, -0.05) is 0 Å². The molecule has 1 heterocycles. The molecule has 0 amide bonds. The maximum absolute atomic E-state index is 12.4. The summed E-state index contributed by atoms with van der Waals surface area (Å²) >= 11 is 0. The van der Waals surface area contributed by atoms with Gasteiger partial charge >= 0.3 is 0 Å². The van der Waals surface area contributed by atoms with Gasteiger partial charge in [-0.3, -0.25) is 4.79 Å². The van der Waals surface area contributed by atoms with E-state index in [0.717, 1.165) is 6.20 Å². The first-order chi connectivity index (χ1) is 6.57. The number of alkyl halides is 2. The number of nitrogens with zero attached hydrogens (tertiary/aromatic N) is 1. The molecule has 1 aromatic rings. The van der Waals surface area contributed by atoms with Crippen LogP contribution in [0.4, 0.5) is 8.78 Å². The molecule has 1 rings (SSSR count). The summed E-state index contributed by atoms with van der Waals surface area (Å²) in [6, 6.07) is 1.66. The third-order valence-corrected chi connectivity index (χ3v) is 1.68. The Kier molecular flexibility index (Phi) is 2.82. The monoisotopic (exact) mass is 200 g/mol. The van der Waals surface area contributed by atoms with E-state index in [1.165, 1.54) is 0 Å². The number of pyridine rings is 1. The van der Waals surface area contributed by atoms with Gasteiger partial charge < -0.3 is 10.1 Å². The molecule has 0 saturated heterocycles. The molecule has 0 aromatic carbocycles. The van der Waals surface area contributed by atoms with Crippen LogP contribution in [0.1, 0.15) is 17.6 Å². The van der Waals surface area contributed by atoms with Crippen LogP contribution in [0, 0.1) is 11.3 Å². The minimum atomic E-state index is -2.97. The van der Waals surface area contributed by atoms with E-state index in [4.69, 9.17) is 10.4 Å². The van der Waals surface area contributed by atoms with Gasteiger partial charge in [0.1, 0.15) is 0 Å². The number of halogens is 2. The lowest BCUT2D eigenvalue weighted by atomic mass is 10.1. The molecule has 1 aromatic heterocycles. The second kappa shape index (κ2) is 3.87. The average Bonchev–Trinajstić information content (AvgIpc) is 2.11. The minimum absolute atomic E-state index is 0.0698. The van der Waals surface area contributed by atoms with E-state index >= 15 is 0 Å². The second-order valence-electron chi connectivity index (χ2n) is 2.54. The van der Waals surface area contributed by atoms with E-state index < -0.39 is 23.3 Å². The molecule has 0 bridgehead atoms. The van der Waals surface area contributed by atoms with E-state index in [-0.39, 0.29) is 12.0 Å². The molecule has 0 aliphatic carbocycles. The lowest BCUT2D eigenvalue weighted by Crippen LogP contribution is -2.10. The molecule has 0 atom stereocenters. The summed E-state index contributed by atoms with van der Waals surface area (Å²) < 4.78 is 24.7. The van der Waals surface area contributed by atoms with Gasteiger partial charge in [-0.05, 0) is 5.56 Å². The minimum Gasteiger partial charge on any atom is -0.503 e. The first kappa shape index (κ1) is 10.2. The molecule has 0 fully saturated rings. The predicted molar refractivity (Wildman–Crippen MR) is 43.0 cm³/mol. The van der Waals surface area contributed by atoms with Crippen LogP contribution >= 0.6 is 0 Å². The third-order valence-electron chi connectivity index (χ3n) is 1.68. The Morgan fingerprint density at radius 1 is 1.64 bits per heavy atom.